The van der Waals surface area contributed by atoms with Gasteiger partial charge in [-0.2, -0.15) is 0 Å². The summed E-state index contributed by atoms with van der Waals surface area (Å²) >= 11 is 3.40. The van der Waals surface area contributed by atoms with Gasteiger partial charge in [-0.05, 0) is 19.3 Å². The van der Waals surface area contributed by atoms with Crippen LogP contribution in [0.2, 0.25) is 0 Å². The molecule has 1 heteroatoms. The smallest absolute Gasteiger partial charge is 0.0148 e. The molecule has 1 unspecified atom stereocenters. The fourth-order valence-electron chi connectivity index (χ4n) is 0.324. The van der Waals surface area contributed by atoms with Crippen molar-refractivity contribution < 1.29 is 0 Å². The van der Waals surface area contributed by atoms with Crippen molar-refractivity contribution in [3.8, 4) is 0 Å². The molecule has 0 aliphatic carbocycles. The van der Waals surface area contributed by atoms with Crippen LogP contribution >= 0.6 is 15.9 Å². The Morgan fingerprint density at radius 3 is 2.43 bits per heavy atom. The molecule has 0 fully saturated rings. The Morgan fingerprint density at radius 2 is 2.29 bits per heavy atom. The molecule has 0 spiro atoms. The maximum Gasteiger partial charge on any atom is 0.0148 e. The van der Waals surface area contributed by atoms with Gasteiger partial charge < -0.3 is 0 Å². The molecule has 0 nitrogen and oxygen atoms in total. The lowest BCUT2D eigenvalue weighted by Gasteiger charge is -1.96. The summed E-state index contributed by atoms with van der Waals surface area (Å²) in [6.07, 6.45) is 5.45. The highest BCUT2D eigenvalue weighted by atomic mass is 79.9. The zero-order valence-corrected chi connectivity index (χ0v) is 6.40. The fourth-order valence-corrected chi connectivity index (χ4v) is 0.539. The molecule has 0 heterocycles. The number of alkyl halides is 1. The molecule has 1 atom stereocenters. The van der Waals surface area contributed by atoms with Crippen LogP contribution in [0.5, 0.6) is 0 Å². The van der Waals surface area contributed by atoms with Crippen LogP contribution in [0.1, 0.15) is 20.3 Å². The van der Waals surface area contributed by atoms with Crippen LogP contribution in [-0.4, -0.2) is 4.83 Å². The summed E-state index contributed by atoms with van der Waals surface area (Å²) in [5.41, 5.74) is 0. The molecule has 0 amide bonds. The van der Waals surface area contributed by atoms with Gasteiger partial charge in [-0.3, -0.25) is 0 Å². The molecular formula is C6H11Br. The van der Waals surface area contributed by atoms with Gasteiger partial charge >= 0.3 is 0 Å². The molecule has 0 aromatic heterocycles. The lowest BCUT2D eigenvalue weighted by molar-refractivity contribution is 1.01. The Balaban J connectivity index is 2.68. The number of unbranched alkanes of at least 4 members (excludes halogenated alkanes) is 1. The largest absolute Gasteiger partial charge is 0.0891 e. The normalized spacial score (nSPS) is 14.1. The minimum atomic E-state index is 0.559. The highest BCUT2D eigenvalue weighted by molar-refractivity contribution is 9.09. The lowest BCUT2D eigenvalue weighted by Crippen LogP contribution is -1.88. The van der Waals surface area contributed by atoms with Crippen LogP contribution in [0, 0.1) is 12.8 Å². The first-order chi connectivity index (χ1) is 3.27. The average Bonchev–Trinajstić information content (AvgIpc) is 1.61. The van der Waals surface area contributed by atoms with Crippen LogP contribution in [0.3, 0.4) is 0 Å². The second-order valence-electron chi connectivity index (χ2n) is 1.56. The standard InChI is InChI=1S/C6H11Br/c1-3-4-5-6(2)7/h3,5-6H,4H2,1-2H3. The van der Waals surface area contributed by atoms with E-state index in [1.807, 2.05) is 0 Å². The highest BCUT2D eigenvalue weighted by Crippen LogP contribution is 2.05. The summed E-state index contributed by atoms with van der Waals surface area (Å²) in [4.78, 5) is 0.559. The quantitative estimate of drug-likeness (QED) is 0.561. The van der Waals surface area contributed by atoms with Crippen molar-refractivity contribution in [2.75, 3.05) is 0 Å². The molecule has 0 bridgehead atoms. The van der Waals surface area contributed by atoms with Crippen LogP contribution in [0.15, 0.2) is 0 Å². The maximum atomic E-state index is 3.40. The van der Waals surface area contributed by atoms with Crippen molar-refractivity contribution in [3.63, 3.8) is 0 Å². The molecule has 0 aromatic carbocycles. The molecule has 0 N–H and O–H groups in total. The van der Waals surface area contributed by atoms with E-state index in [0.29, 0.717) is 4.83 Å². The predicted molar refractivity (Wildman–Crippen MR) is 37.3 cm³/mol. The summed E-state index contributed by atoms with van der Waals surface area (Å²) in [7, 11) is 0. The monoisotopic (exact) mass is 162 g/mol. The van der Waals surface area contributed by atoms with E-state index in [9.17, 15) is 0 Å². The third-order valence-electron chi connectivity index (χ3n) is 0.697. The molecule has 2 radical (unpaired) electrons. The Morgan fingerprint density at radius 1 is 1.71 bits per heavy atom. The lowest BCUT2D eigenvalue weighted by atomic mass is 10.2. The Labute approximate surface area is 54.4 Å². The first kappa shape index (κ1) is 7.48. The van der Waals surface area contributed by atoms with E-state index in [1.165, 1.54) is 0 Å². The van der Waals surface area contributed by atoms with Gasteiger partial charge in [0.1, 0.15) is 0 Å². The van der Waals surface area contributed by atoms with Gasteiger partial charge in [-0.1, -0.05) is 29.8 Å². The van der Waals surface area contributed by atoms with Crippen molar-refractivity contribution in [2.24, 2.45) is 0 Å². The Kier molecular flexibility index (Phi) is 4.95. The maximum absolute atomic E-state index is 3.40. The van der Waals surface area contributed by atoms with Gasteiger partial charge in [0.2, 0.25) is 0 Å². The van der Waals surface area contributed by atoms with Crippen LogP contribution in [0.4, 0.5) is 0 Å². The predicted octanol–water partition coefficient (Wildman–Crippen LogP) is 2.59. The average molecular weight is 163 g/mol. The summed E-state index contributed by atoms with van der Waals surface area (Å²) in [6, 6.07) is 0. The highest BCUT2D eigenvalue weighted by Gasteiger charge is 1.91. The molecule has 7 heavy (non-hydrogen) atoms. The number of rotatable bonds is 3. The van der Waals surface area contributed by atoms with Gasteiger partial charge in [0.25, 0.3) is 0 Å². The van der Waals surface area contributed by atoms with Crippen molar-refractivity contribution >= 4 is 15.9 Å². The third kappa shape index (κ3) is 6.48. The first-order valence-electron chi connectivity index (χ1n) is 2.52. The molecule has 0 aliphatic rings. The topological polar surface area (TPSA) is 0 Å². The number of halogens is 1. The fraction of sp³-hybridized carbons (Fsp3) is 0.667. The number of hydrogen-bond donors (Lipinski definition) is 0. The molecular weight excluding hydrogens is 152 g/mol. The van der Waals surface area contributed by atoms with E-state index in [4.69, 9.17) is 0 Å². The minimum absolute atomic E-state index is 0.559. The summed E-state index contributed by atoms with van der Waals surface area (Å²) in [6.45, 7) is 4.18. The second-order valence-corrected chi connectivity index (χ2v) is 3.00. The zero-order chi connectivity index (χ0) is 5.70. The van der Waals surface area contributed by atoms with Crippen LogP contribution in [0.25, 0.3) is 0 Å². The van der Waals surface area contributed by atoms with Crippen molar-refractivity contribution in [3.05, 3.63) is 12.8 Å². The number of hydrogen-bond acceptors (Lipinski definition) is 0. The minimum Gasteiger partial charge on any atom is -0.0891 e. The Hall–Kier alpha value is 0.480. The van der Waals surface area contributed by atoms with Gasteiger partial charge in [-0.25, -0.2) is 0 Å². The van der Waals surface area contributed by atoms with Crippen molar-refractivity contribution in [2.45, 2.75) is 25.1 Å². The van der Waals surface area contributed by atoms with E-state index in [0.717, 1.165) is 6.42 Å². The summed E-state index contributed by atoms with van der Waals surface area (Å²) in [5.74, 6) is 0. The van der Waals surface area contributed by atoms with Crippen LogP contribution in [-0.2, 0) is 0 Å². The summed E-state index contributed by atoms with van der Waals surface area (Å²) in [5, 5.41) is 0. The second kappa shape index (κ2) is 4.63. The van der Waals surface area contributed by atoms with Gasteiger partial charge in [0, 0.05) is 4.83 Å². The van der Waals surface area contributed by atoms with E-state index < -0.39 is 0 Å². The Bertz CT molecular complexity index is 33.2. The summed E-state index contributed by atoms with van der Waals surface area (Å²) < 4.78 is 0. The molecule has 0 rings (SSSR count). The molecule has 0 saturated carbocycles. The van der Waals surface area contributed by atoms with Gasteiger partial charge in [-0.15, -0.1) is 0 Å². The zero-order valence-electron chi connectivity index (χ0n) is 4.82. The molecule has 0 aromatic rings. The van der Waals surface area contributed by atoms with E-state index in [-0.39, 0.29) is 0 Å². The first-order valence-corrected chi connectivity index (χ1v) is 3.44. The molecule has 42 valence electrons. The van der Waals surface area contributed by atoms with Gasteiger partial charge in [0.05, 0.1) is 0 Å². The third-order valence-corrected chi connectivity index (χ3v) is 1.07. The molecule has 0 saturated heterocycles. The van der Waals surface area contributed by atoms with Crippen LogP contribution < -0.4 is 0 Å². The van der Waals surface area contributed by atoms with E-state index in [2.05, 4.69) is 42.6 Å². The van der Waals surface area contributed by atoms with E-state index in [1.54, 1.807) is 0 Å². The van der Waals surface area contributed by atoms with E-state index >= 15 is 0 Å². The SMILES string of the molecule is C[CH]C[CH]C(C)Br. The molecule has 0 aliphatic heterocycles. The van der Waals surface area contributed by atoms with Crippen molar-refractivity contribution in [1.29, 1.82) is 0 Å². The van der Waals surface area contributed by atoms with Crippen molar-refractivity contribution in [1.82, 2.24) is 0 Å². The van der Waals surface area contributed by atoms with Gasteiger partial charge in [0.15, 0.2) is 0 Å².